The highest BCUT2D eigenvalue weighted by atomic mass is 35.5. The Kier molecular flexibility index (Phi) is 3.98. The highest BCUT2D eigenvalue weighted by Crippen LogP contribution is 2.29. The van der Waals surface area contributed by atoms with E-state index < -0.39 is 5.54 Å². The fourth-order valence-electron chi connectivity index (χ4n) is 2.17. The summed E-state index contributed by atoms with van der Waals surface area (Å²) in [4.78, 5) is 0. The first-order valence-corrected chi connectivity index (χ1v) is 6.98. The van der Waals surface area contributed by atoms with Crippen molar-refractivity contribution in [1.29, 1.82) is 0 Å². The van der Waals surface area contributed by atoms with Crippen molar-refractivity contribution < 1.29 is 0 Å². The van der Waals surface area contributed by atoms with Gasteiger partial charge in [0.1, 0.15) is 0 Å². The lowest BCUT2D eigenvalue weighted by Crippen LogP contribution is -2.34. The van der Waals surface area contributed by atoms with Crippen LogP contribution in [0.1, 0.15) is 36.1 Å². The van der Waals surface area contributed by atoms with Crippen molar-refractivity contribution in [3.8, 4) is 0 Å². The smallest absolute Gasteiger partial charge is 0.0637 e. The maximum absolute atomic E-state index is 6.51. The fraction of sp³-hybridized carbons (Fsp3) is 0.294. The highest BCUT2D eigenvalue weighted by molar-refractivity contribution is 6.31. The van der Waals surface area contributed by atoms with Gasteiger partial charge < -0.3 is 5.73 Å². The van der Waals surface area contributed by atoms with Gasteiger partial charge in [0, 0.05) is 5.02 Å². The topological polar surface area (TPSA) is 26.0 Å². The molecule has 2 heteroatoms. The molecule has 0 radical (unpaired) electrons. The molecular formula is C17H20ClN. The summed E-state index contributed by atoms with van der Waals surface area (Å²) in [7, 11) is 0. The van der Waals surface area contributed by atoms with E-state index >= 15 is 0 Å². The Morgan fingerprint density at radius 2 is 1.63 bits per heavy atom. The van der Waals surface area contributed by atoms with Crippen LogP contribution in [0.4, 0.5) is 0 Å². The summed E-state index contributed by atoms with van der Waals surface area (Å²) in [5, 5.41) is 0.763. The van der Waals surface area contributed by atoms with Crippen molar-refractivity contribution >= 4 is 11.6 Å². The van der Waals surface area contributed by atoms with Gasteiger partial charge >= 0.3 is 0 Å². The van der Waals surface area contributed by atoms with Crippen LogP contribution < -0.4 is 5.73 Å². The maximum Gasteiger partial charge on any atom is 0.0637 e. The minimum Gasteiger partial charge on any atom is -0.318 e. The van der Waals surface area contributed by atoms with E-state index in [1.807, 2.05) is 26.0 Å². The van der Waals surface area contributed by atoms with Gasteiger partial charge in [-0.15, -0.1) is 0 Å². The summed E-state index contributed by atoms with van der Waals surface area (Å²) in [6, 6.07) is 14.5. The number of hydrogen-bond acceptors (Lipinski definition) is 1. The lowest BCUT2D eigenvalue weighted by molar-refractivity contribution is 0.602. The standard InChI is InChI=1S/C17H20ClN/c1-4-13-6-9-14(10-7-13)17(3,19)15-8-5-12(2)16(18)11-15/h5-11H,4,19H2,1-3H3. The van der Waals surface area contributed by atoms with Crippen LogP contribution in [0, 0.1) is 6.92 Å². The maximum atomic E-state index is 6.51. The first-order valence-electron chi connectivity index (χ1n) is 6.60. The van der Waals surface area contributed by atoms with Gasteiger partial charge in [0.15, 0.2) is 0 Å². The molecule has 0 bridgehead atoms. The summed E-state index contributed by atoms with van der Waals surface area (Å²) in [6.45, 7) is 6.17. The van der Waals surface area contributed by atoms with Crippen LogP contribution in [0.5, 0.6) is 0 Å². The van der Waals surface area contributed by atoms with Gasteiger partial charge in [-0.3, -0.25) is 0 Å². The minimum absolute atomic E-state index is 0.524. The highest BCUT2D eigenvalue weighted by Gasteiger charge is 2.24. The van der Waals surface area contributed by atoms with Gasteiger partial charge in [0.05, 0.1) is 5.54 Å². The lowest BCUT2D eigenvalue weighted by atomic mass is 9.85. The van der Waals surface area contributed by atoms with Crippen LogP contribution in [-0.2, 0) is 12.0 Å². The van der Waals surface area contributed by atoms with Gasteiger partial charge in [0.25, 0.3) is 0 Å². The van der Waals surface area contributed by atoms with Crippen LogP contribution in [0.25, 0.3) is 0 Å². The van der Waals surface area contributed by atoms with E-state index in [-0.39, 0.29) is 0 Å². The Morgan fingerprint density at radius 3 is 2.16 bits per heavy atom. The van der Waals surface area contributed by atoms with Crippen LogP contribution in [0.15, 0.2) is 42.5 Å². The average Bonchev–Trinajstić information content (AvgIpc) is 2.41. The second-order valence-corrected chi connectivity index (χ2v) is 5.62. The summed E-state index contributed by atoms with van der Waals surface area (Å²) in [6.07, 6.45) is 1.04. The van der Waals surface area contributed by atoms with Crippen molar-refractivity contribution in [3.05, 3.63) is 69.7 Å². The lowest BCUT2D eigenvalue weighted by Gasteiger charge is -2.26. The monoisotopic (exact) mass is 273 g/mol. The summed E-state index contributed by atoms with van der Waals surface area (Å²) >= 11 is 6.20. The van der Waals surface area contributed by atoms with Crippen molar-refractivity contribution in [1.82, 2.24) is 0 Å². The quantitative estimate of drug-likeness (QED) is 0.879. The van der Waals surface area contributed by atoms with Crippen molar-refractivity contribution in [3.63, 3.8) is 0 Å². The van der Waals surface area contributed by atoms with Crippen molar-refractivity contribution in [2.75, 3.05) is 0 Å². The summed E-state index contributed by atoms with van der Waals surface area (Å²) in [5.41, 5.74) is 10.5. The molecule has 1 nitrogen and oxygen atoms in total. The van der Waals surface area contributed by atoms with Crippen molar-refractivity contribution in [2.24, 2.45) is 5.73 Å². The average molecular weight is 274 g/mol. The molecule has 0 heterocycles. The van der Waals surface area contributed by atoms with Crippen molar-refractivity contribution in [2.45, 2.75) is 32.7 Å². The number of halogens is 1. The van der Waals surface area contributed by atoms with Crippen LogP contribution in [0.2, 0.25) is 5.02 Å². The van der Waals surface area contributed by atoms with E-state index in [0.717, 1.165) is 28.1 Å². The number of hydrogen-bond donors (Lipinski definition) is 1. The third kappa shape index (κ3) is 2.83. The molecule has 0 aromatic heterocycles. The summed E-state index contributed by atoms with van der Waals surface area (Å²) < 4.78 is 0. The van der Waals surface area contributed by atoms with E-state index in [4.69, 9.17) is 17.3 Å². The Morgan fingerprint density at radius 1 is 1.05 bits per heavy atom. The molecule has 0 aliphatic carbocycles. The molecule has 0 spiro atoms. The van der Waals surface area contributed by atoms with Gasteiger partial charge in [-0.25, -0.2) is 0 Å². The van der Waals surface area contributed by atoms with Crippen LogP contribution in [-0.4, -0.2) is 0 Å². The van der Waals surface area contributed by atoms with E-state index in [2.05, 4.69) is 37.3 Å². The predicted octanol–water partition coefficient (Wildman–Crippen LogP) is 4.43. The Balaban J connectivity index is 2.41. The van der Waals surface area contributed by atoms with E-state index in [1.54, 1.807) is 0 Å². The van der Waals surface area contributed by atoms with Gasteiger partial charge in [-0.1, -0.05) is 54.9 Å². The minimum atomic E-state index is -0.524. The molecule has 0 aliphatic heterocycles. The van der Waals surface area contributed by atoms with Crippen LogP contribution >= 0.6 is 11.6 Å². The van der Waals surface area contributed by atoms with E-state index in [1.165, 1.54) is 5.56 Å². The molecule has 1 unspecified atom stereocenters. The molecule has 0 amide bonds. The third-order valence-corrected chi connectivity index (χ3v) is 4.14. The molecule has 0 saturated heterocycles. The van der Waals surface area contributed by atoms with Gasteiger partial charge in [-0.2, -0.15) is 0 Å². The molecular weight excluding hydrogens is 254 g/mol. The zero-order valence-corrected chi connectivity index (χ0v) is 12.5. The molecule has 0 aliphatic rings. The Hall–Kier alpha value is -1.31. The predicted molar refractivity (Wildman–Crippen MR) is 82.7 cm³/mol. The molecule has 0 saturated carbocycles. The zero-order valence-electron chi connectivity index (χ0n) is 11.7. The zero-order chi connectivity index (χ0) is 14.0. The van der Waals surface area contributed by atoms with Gasteiger partial charge in [-0.05, 0) is 48.6 Å². The molecule has 1 atom stereocenters. The number of benzene rings is 2. The summed E-state index contributed by atoms with van der Waals surface area (Å²) in [5.74, 6) is 0. The molecule has 100 valence electrons. The number of rotatable bonds is 3. The molecule has 2 aromatic carbocycles. The van der Waals surface area contributed by atoms with E-state index in [9.17, 15) is 0 Å². The molecule has 0 fully saturated rings. The largest absolute Gasteiger partial charge is 0.318 e. The van der Waals surface area contributed by atoms with Gasteiger partial charge in [0.2, 0.25) is 0 Å². The molecule has 2 N–H and O–H groups in total. The fourth-order valence-corrected chi connectivity index (χ4v) is 2.35. The Labute approximate surface area is 120 Å². The second-order valence-electron chi connectivity index (χ2n) is 5.22. The Bertz CT molecular complexity index is 570. The molecule has 2 rings (SSSR count). The second kappa shape index (κ2) is 5.36. The number of aryl methyl sites for hydroxylation is 2. The first kappa shape index (κ1) is 14.1. The normalized spacial score (nSPS) is 14.2. The van der Waals surface area contributed by atoms with Crippen LogP contribution in [0.3, 0.4) is 0 Å². The molecule has 2 aromatic rings. The SMILES string of the molecule is CCc1ccc(C(C)(N)c2ccc(C)c(Cl)c2)cc1. The first-order chi connectivity index (χ1) is 8.95. The molecule has 19 heavy (non-hydrogen) atoms. The van der Waals surface area contributed by atoms with E-state index in [0.29, 0.717) is 0 Å². The third-order valence-electron chi connectivity index (χ3n) is 3.73. The number of nitrogens with two attached hydrogens (primary N) is 1.